The summed E-state index contributed by atoms with van der Waals surface area (Å²) in [5, 5.41) is 2.91. The highest BCUT2D eigenvalue weighted by atomic mass is 19.1. The van der Waals surface area contributed by atoms with Crippen LogP contribution in [0, 0.1) is 11.2 Å². The van der Waals surface area contributed by atoms with Crippen LogP contribution in [-0.2, 0) is 14.3 Å². The summed E-state index contributed by atoms with van der Waals surface area (Å²) in [6.07, 6.45) is 0.760. The third kappa shape index (κ3) is 6.33. The lowest BCUT2D eigenvalue weighted by atomic mass is 9.91. The van der Waals surface area contributed by atoms with Crippen molar-refractivity contribution in [1.82, 2.24) is 24.8 Å². The van der Waals surface area contributed by atoms with Crippen LogP contribution in [0.25, 0.3) is 22.6 Å². The van der Waals surface area contributed by atoms with Crippen LogP contribution in [-0.4, -0.2) is 71.2 Å². The molecule has 208 valence electrons. The molecule has 0 aliphatic carbocycles. The molecule has 1 aliphatic rings. The predicted octanol–water partition coefficient (Wildman–Crippen LogP) is 4.30. The lowest BCUT2D eigenvalue weighted by Crippen LogP contribution is -2.45. The van der Waals surface area contributed by atoms with Crippen molar-refractivity contribution >= 4 is 11.6 Å². The number of amides is 1. The molecule has 11 heteroatoms. The highest BCUT2D eigenvalue weighted by molar-refractivity contribution is 5.95. The molecule has 1 fully saturated rings. The number of rotatable bonds is 9. The SMILES string of the molecule is CN(C)CCOc1nccc(-c2[nH]c(C3OCC(C)(C(=O)Nc4ccccc4)CO3)nc2-c2ccc(F)cc2)n1. The zero-order valence-electron chi connectivity index (χ0n) is 22.6. The summed E-state index contributed by atoms with van der Waals surface area (Å²) in [6, 6.07) is 17.2. The van der Waals surface area contributed by atoms with E-state index in [9.17, 15) is 9.18 Å². The van der Waals surface area contributed by atoms with Crippen molar-refractivity contribution in [2.24, 2.45) is 5.41 Å². The number of aromatic nitrogens is 4. The number of nitrogens with one attached hydrogen (secondary N) is 2. The van der Waals surface area contributed by atoms with E-state index in [1.54, 1.807) is 31.3 Å². The highest BCUT2D eigenvalue weighted by Crippen LogP contribution is 2.36. The van der Waals surface area contributed by atoms with Crippen LogP contribution >= 0.6 is 0 Å². The van der Waals surface area contributed by atoms with E-state index in [0.717, 1.165) is 0 Å². The molecule has 3 heterocycles. The summed E-state index contributed by atoms with van der Waals surface area (Å²) in [5.74, 6) is -0.160. The molecule has 0 atom stereocenters. The molecule has 4 aromatic rings. The van der Waals surface area contributed by atoms with Gasteiger partial charge in [0.25, 0.3) is 0 Å². The van der Waals surface area contributed by atoms with Crippen molar-refractivity contribution in [3.63, 3.8) is 0 Å². The van der Waals surface area contributed by atoms with Crippen LogP contribution in [0.4, 0.5) is 10.1 Å². The Morgan fingerprint density at radius 3 is 2.52 bits per heavy atom. The quantitative estimate of drug-likeness (QED) is 0.319. The molecule has 0 spiro atoms. The van der Waals surface area contributed by atoms with Gasteiger partial charge in [0.1, 0.15) is 12.4 Å². The van der Waals surface area contributed by atoms with E-state index in [2.05, 4.69) is 20.3 Å². The Labute approximate surface area is 231 Å². The summed E-state index contributed by atoms with van der Waals surface area (Å²) >= 11 is 0. The van der Waals surface area contributed by atoms with Gasteiger partial charge in [-0.1, -0.05) is 18.2 Å². The maximum absolute atomic E-state index is 13.7. The standard InChI is InChI=1S/C29H31FN6O4/c1-29(27(37)32-21-7-5-4-6-8-21)17-39-26(40-18-29)25-34-23(19-9-11-20(30)12-10-19)24(35-25)22-13-14-31-28(33-22)38-16-15-36(2)3/h4-14,26H,15-18H2,1-3H3,(H,32,37)(H,34,35). The third-order valence-electron chi connectivity index (χ3n) is 6.41. The van der Waals surface area contributed by atoms with Gasteiger partial charge in [-0.2, -0.15) is 4.98 Å². The first kappa shape index (κ1) is 27.4. The fourth-order valence-corrected chi connectivity index (χ4v) is 4.08. The molecule has 1 saturated heterocycles. The minimum Gasteiger partial charge on any atom is -0.462 e. The van der Waals surface area contributed by atoms with Crippen LogP contribution in [0.1, 0.15) is 19.0 Å². The second kappa shape index (κ2) is 11.9. The Bertz CT molecular complexity index is 1440. The predicted molar refractivity (Wildman–Crippen MR) is 147 cm³/mol. The van der Waals surface area contributed by atoms with E-state index >= 15 is 0 Å². The average molecular weight is 547 g/mol. The van der Waals surface area contributed by atoms with Gasteiger partial charge in [0.15, 0.2) is 5.82 Å². The summed E-state index contributed by atoms with van der Waals surface area (Å²) in [6.45, 7) is 3.17. The van der Waals surface area contributed by atoms with Gasteiger partial charge in [-0.15, -0.1) is 0 Å². The molecular weight excluding hydrogens is 515 g/mol. The van der Waals surface area contributed by atoms with E-state index in [4.69, 9.17) is 19.2 Å². The number of ether oxygens (including phenoxy) is 3. The molecule has 1 aliphatic heterocycles. The van der Waals surface area contributed by atoms with Crippen molar-refractivity contribution in [3.05, 3.63) is 78.5 Å². The second-order valence-electron chi connectivity index (χ2n) is 10.1. The lowest BCUT2D eigenvalue weighted by Gasteiger charge is -2.35. The number of anilines is 1. The minimum absolute atomic E-state index is 0.121. The molecule has 0 saturated carbocycles. The van der Waals surface area contributed by atoms with Crippen LogP contribution < -0.4 is 10.1 Å². The van der Waals surface area contributed by atoms with Gasteiger partial charge in [-0.05, 0) is 63.5 Å². The number of halogens is 1. The molecule has 5 rings (SSSR count). The van der Waals surface area contributed by atoms with E-state index in [1.165, 1.54) is 12.1 Å². The van der Waals surface area contributed by atoms with Gasteiger partial charge in [-0.3, -0.25) is 4.79 Å². The highest BCUT2D eigenvalue weighted by Gasteiger charge is 2.41. The number of benzene rings is 2. The maximum atomic E-state index is 13.7. The first-order valence-electron chi connectivity index (χ1n) is 12.9. The molecule has 40 heavy (non-hydrogen) atoms. The van der Waals surface area contributed by atoms with Crippen LogP contribution in [0.2, 0.25) is 0 Å². The Kier molecular flexibility index (Phi) is 8.15. The Balaban J connectivity index is 1.37. The number of H-pyrrole nitrogens is 1. The molecule has 10 nitrogen and oxygen atoms in total. The molecule has 0 radical (unpaired) electrons. The topological polar surface area (TPSA) is 114 Å². The average Bonchev–Trinajstić information content (AvgIpc) is 3.40. The molecule has 2 N–H and O–H groups in total. The molecule has 2 aromatic heterocycles. The van der Waals surface area contributed by atoms with E-state index < -0.39 is 11.7 Å². The fraction of sp³-hybridized carbons (Fsp3) is 0.310. The molecule has 2 aromatic carbocycles. The van der Waals surface area contributed by atoms with E-state index in [1.807, 2.05) is 49.3 Å². The van der Waals surface area contributed by atoms with Gasteiger partial charge in [0.2, 0.25) is 12.2 Å². The molecule has 0 bridgehead atoms. The van der Waals surface area contributed by atoms with E-state index in [0.29, 0.717) is 47.3 Å². The monoisotopic (exact) mass is 546 g/mol. The smallest absolute Gasteiger partial charge is 0.316 e. The number of carbonyl (C=O) groups excluding carboxylic acids is 1. The Morgan fingerprint density at radius 1 is 1.10 bits per heavy atom. The van der Waals surface area contributed by atoms with Crippen LogP contribution in [0.3, 0.4) is 0 Å². The van der Waals surface area contributed by atoms with E-state index in [-0.39, 0.29) is 30.9 Å². The zero-order chi connectivity index (χ0) is 28.1. The van der Waals surface area contributed by atoms with Crippen molar-refractivity contribution < 1.29 is 23.4 Å². The summed E-state index contributed by atoms with van der Waals surface area (Å²) in [7, 11) is 3.91. The molecule has 1 amide bonds. The number of hydrogen-bond donors (Lipinski definition) is 2. The van der Waals surface area contributed by atoms with Crippen molar-refractivity contribution in [3.8, 4) is 28.7 Å². The van der Waals surface area contributed by atoms with Crippen molar-refractivity contribution in [1.29, 1.82) is 0 Å². The summed E-state index contributed by atoms with van der Waals surface area (Å²) in [5.41, 5.74) is 2.13. The van der Waals surface area contributed by atoms with Crippen LogP contribution in [0.15, 0.2) is 66.9 Å². The van der Waals surface area contributed by atoms with Crippen molar-refractivity contribution in [2.45, 2.75) is 13.2 Å². The number of hydrogen-bond acceptors (Lipinski definition) is 8. The van der Waals surface area contributed by atoms with Gasteiger partial charge < -0.3 is 29.4 Å². The fourth-order valence-electron chi connectivity index (χ4n) is 4.08. The summed E-state index contributed by atoms with van der Waals surface area (Å²) < 4.78 is 31.4. The number of carbonyl (C=O) groups is 1. The van der Waals surface area contributed by atoms with Gasteiger partial charge in [-0.25, -0.2) is 14.4 Å². The largest absolute Gasteiger partial charge is 0.462 e. The molecule has 0 unspecified atom stereocenters. The number of imidazole rings is 1. The van der Waals surface area contributed by atoms with Crippen molar-refractivity contribution in [2.75, 3.05) is 45.8 Å². The lowest BCUT2D eigenvalue weighted by molar-refractivity contribution is -0.229. The minimum atomic E-state index is -0.896. The Hall–Kier alpha value is -4.19. The van der Waals surface area contributed by atoms with Gasteiger partial charge >= 0.3 is 6.01 Å². The zero-order valence-corrected chi connectivity index (χ0v) is 22.6. The van der Waals surface area contributed by atoms with Crippen LogP contribution in [0.5, 0.6) is 6.01 Å². The number of aromatic amines is 1. The first-order valence-corrected chi connectivity index (χ1v) is 12.9. The van der Waals surface area contributed by atoms with Gasteiger partial charge in [0, 0.05) is 24.0 Å². The molecular formula is C29H31FN6O4. The maximum Gasteiger partial charge on any atom is 0.316 e. The number of nitrogens with zero attached hydrogens (tertiary/aromatic N) is 4. The Morgan fingerprint density at radius 2 is 1.82 bits per heavy atom. The second-order valence-corrected chi connectivity index (χ2v) is 10.1. The van der Waals surface area contributed by atoms with Gasteiger partial charge in [0.05, 0.1) is 35.7 Å². The normalized spacial score (nSPS) is 19.0. The third-order valence-corrected chi connectivity index (χ3v) is 6.41. The first-order chi connectivity index (χ1) is 19.3. The number of para-hydroxylation sites is 1. The summed E-state index contributed by atoms with van der Waals surface area (Å²) in [4.78, 5) is 31.8. The number of likely N-dealkylation sites (N-methyl/N-ethyl adjacent to an activating group) is 1.